The summed E-state index contributed by atoms with van der Waals surface area (Å²) >= 11 is 11.4. The van der Waals surface area contributed by atoms with E-state index in [0.717, 1.165) is 5.57 Å². The molecule has 13 rings (SSSR count). The van der Waals surface area contributed by atoms with Crippen LogP contribution in [0.25, 0.3) is 124 Å². The Morgan fingerprint density at radius 1 is 0.365 bits per heavy atom. The lowest BCUT2D eigenvalue weighted by Gasteiger charge is -2.04. The van der Waals surface area contributed by atoms with Crippen molar-refractivity contribution in [2.75, 3.05) is 0 Å². The van der Waals surface area contributed by atoms with Gasteiger partial charge in [-0.05, 0) is 137 Å². The Balaban J connectivity index is 0.827. The van der Waals surface area contributed by atoms with Gasteiger partial charge in [0.15, 0.2) is 0 Å². The van der Waals surface area contributed by atoms with Gasteiger partial charge in [0.2, 0.25) is 0 Å². The van der Waals surface area contributed by atoms with Crippen LogP contribution >= 0.6 is 68.0 Å². The third-order valence-electron chi connectivity index (χ3n) is 12.3. The Morgan fingerprint density at radius 2 is 0.810 bits per heavy atom. The van der Waals surface area contributed by atoms with Crippen LogP contribution in [-0.2, 0) is 0 Å². The molecule has 0 spiro atoms. The molecule has 6 heteroatoms. The highest BCUT2D eigenvalue weighted by atomic mass is 32.1. The molecule has 0 nitrogen and oxygen atoms in total. The van der Waals surface area contributed by atoms with E-state index >= 15 is 0 Å². The van der Waals surface area contributed by atoms with Crippen molar-refractivity contribution in [2.24, 2.45) is 0 Å². The van der Waals surface area contributed by atoms with Crippen molar-refractivity contribution >= 4 is 150 Å². The van der Waals surface area contributed by atoms with Crippen molar-refractivity contribution in [3.63, 3.8) is 0 Å². The van der Waals surface area contributed by atoms with E-state index in [4.69, 9.17) is 0 Å². The molecule has 0 atom stereocenters. The zero-order chi connectivity index (χ0) is 41.8. The van der Waals surface area contributed by atoms with Gasteiger partial charge in [-0.3, -0.25) is 0 Å². The maximum Gasteiger partial charge on any atom is 0.0449 e. The van der Waals surface area contributed by atoms with Crippen molar-refractivity contribution in [1.82, 2.24) is 0 Å². The molecular weight excluding hydrogens is 877 g/mol. The molecule has 0 aliphatic rings. The van der Waals surface area contributed by atoms with Gasteiger partial charge in [0.1, 0.15) is 0 Å². The first kappa shape index (κ1) is 37.6. The highest BCUT2D eigenvalue weighted by Gasteiger charge is 2.17. The molecule has 0 amide bonds. The highest BCUT2D eigenvalue weighted by Crippen LogP contribution is 2.47. The molecule has 6 aromatic heterocycles. The Bertz CT molecular complexity index is 3990. The number of fused-ring (bicyclic) bond motifs is 10. The Kier molecular flexibility index (Phi) is 8.84. The van der Waals surface area contributed by atoms with Crippen molar-refractivity contribution in [3.05, 3.63) is 192 Å². The Morgan fingerprint density at radius 3 is 1.35 bits per heavy atom. The first-order chi connectivity index (χ1) is 31.0. The first-order valence-electron chi connectivity index (χ1n) is 20.9. The normalized spacial score (nSPS) is 12.4. The van der Waals surface area contributed by atoms with Crippen LogP contribution in [0.15, 0.2) is 176 Å². The SMILES string of the molecule is C=C/C(=C\c1c(C)sc2cc3sc4ccc(-c5ccc(-c6ccc(-c7ccc8sc9cc%10sc%11ccc(-c%12ccccc%12)cc%11c%10cc9c8c7)s6)s5)cc4c3cc12)c1ccccc1. The molecule has 6 heterocycles. The van der Waals surface area contributed by atoms with Gasteiger partial charge in [-0.15, -0.1) is 68.0 Å². The molecule has 0 aliphatic heterocycles. The van der Waals surface area contributed by atoms with Gasteiger partial charge in [0.05, 0.1) is 0 Å². The zero-order valence-electron chi connectivity index (χ0n) is 33.9. The fourth-order valence-electron chi connectivity index (χ4n) is 9.15. The minimum absolute atomic E-state index is 1.14. The highest BCUT2D eigenvalue weighted by molar-refractivity contribution is 7.28. The van der Waals surface area contributed by atoms with E-state index in [0.29, 0.717) is 0 Å². The molecule has 0 radical (unpaired) electrons. The van der Waals surface area contributed by atoms with Crippen LogP contribution in [0.5, 0.6) is 0 Å². The number of hydrogen-bond donors (Lipinski definition) is 0. The molecule has 0 N–H and O–H groups in total. The molecule has 298 valence electrons. The molecular formula is C57H34S6. The van der Waals surface area contributed by atoms with E-state index in [1.165, 1.54) is 128 Å². The summed E-state index contributed by atoms with van der Waals surface area (Å²) in [4.78, 5) is 6.55. The lowest BCUT2D eigenvalue weighted by atomic mass is 10.0. The van der Waals surface area contributed by atoms with E-state index in [1.54, 1.807) is 0 Å². The van der Waals surface area contributed by atoms with Gasteiger partial charge in [0.25, 0.3) is 0 Å². The second kappa shape index (κ2) is 14.8. The van der Waals surface area contributed by atoms with Crippen LogP contribution in [0.4, 0.5) is 0 Å². The maximum absolute atomic E-state index is 4.16. The molecule has 0 saturated carbocycles. The predicted molar refractivity (Wildman–Crippen MR) is 287 cm³/mol. The van der Waals surface area contributed by atoms with E-state index in [2.05, 4.69) is 183 Å². The summed E-state index contributed by atoms with van der Waals surface area (Å²) in [5.41, 5.74) is 8.70. The zero-order valence-corrected chi connectivity index (χ0v) is 38.8. The van der Waals surface area contributed by atoms with Crippen molar-refractivity contribution in [1.29, 1.82) is 0 Å². The predicted octanol–water partition coefficient (Wildman–Crippen LogP) is 19.8. The quantitative estimate of drug-likeness (QED) is 0.140. The molecule has 0 bridgehead atoms. The summed E-state index contributed by atoms with van der Waals surface area (Å²) in [6, 6.07) is 61.3. The van der Waals surface area contributed by atoms with Crippen molar-refractivity contribution in [2.45, 2.75) is 6.92 Å². The molecule has 13 aromatic rings. The standard InChI is InChI=1S/C57H34S6/c1-3-33(34-10-6-4-7-11-34)24-39-32(2)58-54-30-55-44(28-43(39)54)41-26-37(15-18-50(41)62-55)47-20-22-52(59-47)53-23-21-48(60-53)38-16-19-51-42(27-38)46-29-45-40-25-36(35-12-8-5-9-13-35)14-17-49(40)61-56(45)31-57(46)63-51/h3-31H,1H2,2H3/b33-24+. The fraction of sp³-hybridized carbons (Fsp3) is 0.0175. The topological polar surface area (TPSA) is 0 Å². The van der Waals surface area contributed by atoms with Crippen molar-refractivity contribution < 1.29 is 0 Å². The third kappa shape index (κ3) is 6.31. The number of allylic oxidation sites excluding steroid dienone is 2. The van der Waals surface area contributed by atoms with Gasteiger partial charge in [-0.1, -0.05) is 91.5 Å². The number of aryl methyl sites for hydroxylation is 1. The van der Waals surface area contributed by atoms with E-state index < -0.39 is 0 Å². The fourth-order valence-corrected chi connectivity index (χ4v) is 15.8. The molecule has 0 unspecified atom stereocenters. The van der Waals surface area contributed by atoms with Crippen LogP contribution in [0, 0.1) is 6.92 Å². The lowest BCUT2D eigenvalue weighted by Crippen LogP contribution is -1.81. The molecule has 0 saturated heterocycles. The average molecular weight is 911 g/mol. The van der Waals surface area contributed by atoms with Gasteiger partial charge in [-0.2, -0.15) is 0 Å². The molecule has 0 aliphatic carbocycles. The average Bonchev–Trinajstić information content (AvgIpc) is 4.19. The number of benzene rings is 7. The Hall–Kier alpha value is -5.96. The molecule has 63 heavy (non-hydrogen) atoms. The summed E-state index contributed by atoms with van der Waals surface area (Å²) in [7, 11) is 0. The van der Waals surface area contributed by atoms with Gasteiger partial charge >= 0.3 is 0 Å². The largest absolute Gasteiger partial charge is 0.140 e. The van der Waals surface area contributed by atoms with E-state index in [1.807, 2.05) is 74.1 Å². The number of thiophene rings is 6. The number of rotatable bonds is 7. The molecule has 7 aromatic carbocycles. The summed E-state index contributed by atoms with van der Waals surface area (Å²) in [5, 5.41) is 9.35. The minimum Gasteiger partial charge on any atom is -0.140 e. The summed E-state index contributed by atoms with van der Waals surface area (Å²) in [5.74, 6) is 0. The monoisotopic (exact) mass is 910 g/mol. The Labute approximate surface area is 388 Å². The summed E-state index contributed by atoms with van der Waals surface area (Å²) < 4.78 is 9.40. The van der Waals surface area contributed by atoms with Gasteiger partial charge < -0.3 is 0 Å². The second-order valence-corrected chi connectivity index (χ2v) is 22.7. The van der Waals surface area contributed by atoms with E-state index in [9.17, 15) is 0 Å². The smallest absolute Gasteiger partial charge is 0.0449 e. The van der Waals surface area contributed by atoms with Crippen LogP contribution in [0.1, 0.15) is 16.0 Å². The van der Waals surface area contributed by atoms with Gasteiger partial charge in [0, 0.05) is 95.0 Å². The van der Waals surface area contributed by atoms with Crippen LogP contribution < -0.4 is 0 Å². The number of hydrogen-bond acceptors (Lipinski definition) is 6. The van der Waals surface area contributed by atoms with Crippen molar-refractivity contribution in [3.8, 4) is 41.8 Å². The lowest BCUT2D eigenvalue weighted by molar-refractivity contribution is 1.60. The minimum atomic E-state index is 1.14. The third-order valence-corrected chi connectivity index (χ3v) is 19.3. The molecule has 0 fully saturated rings. The maximum atomic E-state index is 4.16. The summed E-state index contributed by atoms with van der Waals surface area (Å²) in [6.07, 6.45) is 4.29. The first-order valence-corrected chi connectivity index (χ1v) is 25.8. The van der Waals surface area contributed by atoms with Crippen LogP contribution in [-0.4, -0.2) is 0 Å². The van der Waals surface area contributed by atoms with Crippen LogP contribution in [0.2, 0.25) is 0 Å². The summed E-state index contributed by atoms with van der Waals surface area (Å²) in [6.45, 7) is 6.40. The van der Waals surface area contributed by atoms with Gasteiger partial charge in [-0.25, -0.2) is 0 Å². The second-order valence-electron chi connectivity index (χ2n) is 16.1. The van der Waals surface area contributed by atoms with E-state index in [-0.39, 0.29) is 0 Å². The van der Waals surface area contributed by atoms with Crippen LogP contribution in [0.3, 0.4) is 0 Å².